The second-order valence-corrected chi connectivity index (χ2v) is 4.56. The molecule has 1 N–H and O–H groups in total. The van der Waals surface area contributed by atoms with E-state index in [9.17, 15) is 0 Å². The number of hydrogen-bond acceptors (Lipinski definition) is 2. The average Bonchev–Trinajstić information content (AvgIpc) is 2.45. The van der Waals surface area contributed by atoms with E-state index in [-0.39, 0.29) is 0 Å². The van der Waals surface area contributed by atoms with Crippen molar-refractivity contribution in [2.75, 3.05) is 0 Å². The number of nitrogens with zero attached hydrogens (tertiary/aromatic N) is 2. The van der Waals surface area contributed by atoms with Crippen LogP contribution in [0.25, 0.3) is 0 Å². The molecule has 0 saturated heterocycles. The zero-order valence-corrected chi connectivity index (χ0v) is 8.40. The molecule has 3 nitrogen and oxygen atoms in total. The van der Waals surface area contributed by atoms with E-state index in [1.165, 1.54) is 6.42 Å². The predicted molar refractivity (Wildman–Crippen MR) is 49.5 cm³/mol. The van der Waals surface area contributed by atoms with Crippen molar-refractivity contribution in [2.45, 2.75) is 26.2 Å². The fraction of sp³-hybridized carbons (Fsp3) is 0.750. The zero-order chi connectivity index (χ0) is 8.93. The lowest BCUT2D eigenvalue weighted by atomic mass is 10.1. The van der Waals surface area contributed by atoms with Crippen LogP contribution in [0.15, 0.2) is 0 Å². The van der Waals surface area contributed by atoms with Crippen molar-refractivity contribution in [2.24, 2.45) is 12.5 Å². The summed E-state index contributed by atoms with van der Waals surface area (Å²) in [5, 5.41) is 3.16. The third kappa shape index (κ3) is 1.10. The summed E-state index contributed by atoms with van der Waals surface area (Å²) >= 11 is 5.02. The molecule has 2 rings (SSSR count). The van der Waals surface area contributed by atoms with Crippen LogP contribution in [0.2, 0.25) is 0 Å². The first-order valence-electron chi connectivity index (χ1n) is 4.13. The highest BCUT2D eigenvalue weighted by Crippen LogP contribution is 2.57. The summed E-state index contributed by atoms with van der Waals surface area (Å²) in [6.07, 6.45) is 1.22. The zero-order valence-electron chi connectivity index (χ0n) is 7.59. The molecule has 66 valence electrons. The molecule has 0 aliphatic heterocycles. The Balaban J connectivity index is 2.32. The normalized spacial score (nSPS) is 25.8. The predicted octanol–water partition coefficient (Wildman–Crippen LogP) is 1.99. The summed E-state index contributed by atoms with van der Waals surface area (Å²) < 4.78 is 2.44. The van der Waals surface area contributed by atoms with Gasteiger partial charge >= 0.3 is 0 Å². The highest BCUT2D eigenvalue weighted by Gasteiger charge is 2.48. The van der Waals surface area contributed by atoms with Gasteiger partial charge in [-0.05, 0) is 24.1 Å². The number of hydrogen-bond donors (Lipinski definition) is 1. The van der Waals surface area contributed by atoms with Gasteiger partial charge in [0.2, 0.25) is 4.77 Å². The third-order valence-electron chi connectivity index (χ3n) is 2.63. The molecule has 4 heteroatoms. The lowest BCUT2D eigenvalue weighted by Crippen LogP contribution is -1.94. The van der Waals surface area contributed by atoms with Crippen LogP contribution in [0.5, 0.6) is 0 Å². The van der Waals surface area contributed by atoms with Gasteiger partial charge < -0.3 is 0 Å². The van der Waals surface area contributed by atoms with E-state index in [4.69, 9.17) is 12.2 Å². The van der Waals surface area contributed by atoms with E-state index in [0.29, 0.717) is 16.1 Å². The Kier molecular flexibility index (Phi) is 1.46. The average molecular weight is 183 g/mol. The number of aryl methyl sites for hydroxylation is 1. The first kappa shape index (κ1) is 7.98. The summed E-state index contributed by atoms with van der Waals surface area (Å²) in [4.78, 5) is 4.29. The Hall–Kier alpha value is -0.640. The summed E-state index contributed by atoms with van der Waals surface area (Å²) in [7, 11) is 1.90. The van der Waals surface area contributed by atoms with Gasteiger partial charge in [0.1, 0.15) is 5.82 Å². The van der Waals surface area contributed by atoms with Crippen LogP contribution < -0.4 is 0 Å². The highest BCUT2D eigenvalue weighted by atomic mass is 32.1. The first-order chi connectivity index (χ1) is 5.50. The Morgan fingerprint density at radius 3 is 2.58 bits per heavy atom. The third-order valence-corrected chi connectivity index (χ3v) is 2.99. The van der Waals surface area contributed by atoms with Crippen LogP contribution in [0, 0.1) is 10.2 Å². The van der Waals surface area contributed by atoms with E-state index >= 15 is 0 Å². The van der Waals surface area contributed by atoms with Crippen LogP contribution >= 0.6 is 12.2 Å². The SMILES string of the molecule is Cn1[nH]c(C2CC2(C)C)nc1=S. The Morgan fingerprint density at radius 2 is 2.25 bits per heavy atom. The maximum Gasteiger partial charge on any atom is 0.215 e. The smallest absolute Gasteiger partial charge is 0.215 e. The molecule has 1 fully saturated rings. The fourth-order valence-corrected chi connectivity index (χ4v) is 1.66. The Morgan fingerprint density at radius 1 is 1.67 bits per heavy atom. The molecule has 1 heterocycles. The van der Waals surface area contributed by atoms with Crippen molar-refractivity contribution >= 4 is 12.2 Å². The number of aromatic nitrogens is 3. The van der Waals surface area contributed by atoms with E-state index in [1.807, 2.05) is 7.05 Å². The second-order valence-electron chi connectivity index (χ2n) is 4.20. The molecule has 1 unspecified atom stereocenters. The van der Waals surface area contributed by atoms with Crippen molar-refractivity contribution in [3.05, 3.63) is 10.6 Å². The van der Waals surface area contributed by atoms with E-state index in [0.717, 1.165) is 5.82 Å². The van der Waals surface area contributed by atoms with E-state index in [1.54, 1.807) is 4.68 Å². The summed E-state index contributed by atoms with van der Waals surface area (Å²) in [5.74, 6) is 1.63. The minimum atomic E-state index is 0.423. The summed E-state index contributed by atoms with van der Waals surface area (Å²) in [6.45, 7) is 4.51. The van der Waals surface area contributed by atoms with Gasteiger partial charge in [-0.2, -0.15) is 0 Å². The topological polar surface area (TPSA) is 33.6 Å². The molecule has 0 amide bonds. The van der Waals surface area contributed by atoms with Crippen molar-refractivity contribution in [1.82, 2.24) is 14.8 Å². The van der Waals surface area contributed by atoms with Gasteiger partial charge in [-0.3, -0.25) is 9.78 Å². The molecule has 1 aromatic heterocycles. The molecule has 12 heavy (non-hydrogen) atoms. The van der Waals surface area contributed by atoms with E-state index in [2.05, 4.69) is 23.9 Å². The molecule has 1 aromatic rings. The molecular weight excluding hydrogens is 170 g/mol. The summed E-state index contributed by atoms with van der Waals surface area (Å²) in [5.41, 5.74) is 0.423. The number of rotatable bonds is 1. The van der Waals surface area contributed by atoms with Crippen LogP contribution in [-0.2, 0) is 7.05 Å². The molecule has 0 bridgehead atoms. The number of aromatic amines is 1. The summed E-state index contributed by atoms with van der Waals surface area (Å²) in [6, 6.07) is 0. The first-order valence-corrected chi connectivity index (χ1v) is 4.54. The molecular formula is C8H13N3S. The van der Waals surface area contributed by atoms with Crippen LogP contribution in [0.1, 0.15) is 32.0 Å². The maximum absolute atomic E-state index is 5.02. The Bertz CT molecular complexity index is 361. The van der Waals surface area contributed by atoms with Gasteiger partial charge in [-0.25, -0.2) is 4.98 Å². The maximum atomic E-state index is 5.02. The molecule has 1 aliphatic rings. The van der Waals surface area contributed by atoms with Crippen molar-refractivity contribution < 1.29 is 0 Å². The largest absolute Gasteiger partial charge is 0.283 e. The van der Waals surface area contributed by atoms with Gasteiger partial charge in [0.25, 0.3) is 0 Å². The van der Waals surface area contributed by atoms with Gasteiger partial charge in [0, 0.05) is 13.0 Å². The molecule has 0 radical (unpaired) electrons. The standard InChI is InChI=1S/C8H13N3S/c1-8(2)4-5(8)6-9-7(12)11(3)10-6/h5H,4H2,1-3H3,(H,9,10,12). The minimum Gasteiger partial charge on any atom is -0.283 e. The lowest BCUT2D eigenvalue weighted by Gasteiger charge is -1.97. The van der Waals surface area contributed by atoms with Gasteiger partial charge in [-0.15, -0.1) is 0 Å². The van der Waals surface area contributed by atoms with Crippen LogP contribution in [-0.4, -0.2) is 14.8 Å². The quantitative estimate of drug-likeness (QED) is 0.675. The molecule has 0 aromatic carbocycles. The number of H-pyrrole nitrogens is 1. The Labute approximate surface area is 76.8 Å². The van der Waals surface area contributed by atoms with Crippen LogP contribution in [0.4, 0.5) is 0 Å². The van der Waals surface area contributed by atoms with Gasteiger partial charge in [-0.1, -0.05) is 13.8 Å². The van der Waals surface area contributed by atoms with Crippen molar-refractivity contribution in [3.8, 4) is 0 Å². The van der Waals surface area contributed by atoms with E-state index < -0.39 is 0 Å². The van der Waals surface area contributed by atoms with Gasteiger partial charge in [0.05, 0.1) is 0 Å². The van der Waals surface area contributed by atoms with Crippen LogP contribution in [0.3, 0.4) is 0 Å². The highest BCUT2D eigenvalue weighted by molar-refractivity contribution is 7.71. The monoisotopic (exact) mass is 183 g/mol. The van der Waals surface area contributed by atoms with Gasteiger partial charge in [0.15, 0.2) is 0 Å². The number of nitrogens with one attached hydrogen (secondary N) is 1. The molecule has 1 aliphatic carbocycles. The molecule has 1 atom stereocenters. The molecule has 0 spiro atoms. The fourth-order valence-electron chi connectivity index (χ4n) is 1.51. The molecule has 1 saturated carbocycles. The minimum absolute atomic E-state index is 0.423. The van der Waals surface area contributed by atoms with Crippen molar-refractivity contribution in [3.63, 3.8) is 0 Å². The second kappa shape index (κ2) is 2.19. The lowest BCUT2D eigenvalue weighted by molar-refractivity contribution is 0.604. The van der Waals surface area contributed by atoms with Crippen molar-refractivity contribution in [1.29, 1.82) is 0 Å².